The molecular weight excluding hydrogens is 362 g/mol. The van der Waals surface area contributed by atoms with Gasteiger partial charge in [-0.25, -0.2) is 0 Å². The van der Waals surface area contributed by atoms with Crippen molar-refractivity contribution >= 4 is 37.5 Å². The first-order valence-corrected chi connectivity index (χ1v) is 7.03. The molecular formula is C12H13Br2N3O. The van der Waals surface area contributed by atoms with E-state index in [0.29, 0.717) is 0 Å². The van der Waals surface area contributed by atoms with Crippen LogP contribution in [0.1, 0.15) is 0 Å². The lowest BCUT2D eigenvalue weighted by Gasteiger charge is -2.11. The van der Waals surface area contributed by atoms with Gasteiger partial charge >= 0.3 is 0 Å². The summed E-state index contributed by atoms with van der Waals surface area (Å²) >= 11 is 6.96. The Morgan fingerprint density at radius 1 is 1.33 bits per heavy atom. The number of rotatable bonds is 5. The topological polar surface area (TPSA) is 39.1 Å². The van der Waals surface area contributed by atoms with Gasteiger partial charge in [0.25, 0.3) is 0 Å². The minimum Gasteiger partial charge on any atom is -0.495 e. The van der Waals surface area contributed by atoms with Crippen LogP contribution in [0.5, 0.6) is 5.75 Å². The van der Waals surface area contributed by atoms with E-state index in [-0.39, 0.29) is 0 Å². The second-order valence-electron chi connectivity index (χ2n) is 3.66. The van der Waals surface area contributed by atoms with Crippen molar-refractivity contribution in [2.24, 2.45) is 0 Å². The first-order valence-electron chi connectivity index (χ1n) is 5.45. The summed E-state index contributed by atoms with van der Waals surface area (Å²) in [5.41, 5.74) is 1.00. The largest absolute Gasteiger partial charge is 0.495 e. The Morgan fingerprint density at radius 2 is 2.17 bits per heavy atom. The highest BCUT2D eigenvalue weighted by molar-refractivity contribution is 9.11. The van der Waals surface area contributed by atoms with E-state index in [0.717, 1.165) is 33.5 Å². The Balaban J connectivity index is 2.00. The molecule has 0 spiro atoms. The third kappa shape index (κ3) is 3.26. The van der Waals surface area contributed by atoms with E-state index in [1.807, 2.05) is 29.1 Å². The fraction of sp³-hybridized carbons (Fsp3) is 0.250. The molecule has 1 N–H and O–H groups in total. The summed E-state index contributed by atoms with van der Waals surface area (Å²) < 4.78 is 9.07. The summed E-state index contributed by atoms with van der Waals surface area (Å²) in [6.07, 6.45) is 3.72. The van der Waals surface area contributed by atoms with Crippen molar-refractivity contribution in [2.75, 3.05) is 19.0 Å². The molecule has 2 rings (SSSR count). The Hall–Kier alpha value is -1.01. The maximum atomic E-state index is 5.27. The zero-order valence-corrected chi connectivity index (χ0v) is 13.0. The first-order chi connectivity index (χ1) is 8.70. The van der Waals surface area contributed by atoms with Crippen molar-refractivity contribution < 1.29 is 4.74 Å². The fourth-order valence-electron chi connectivity index (χ4n) is 1.56. The monoisotopic (exact) mass is 373 g/mol. The number of ether oxygens (including phenoxy) is 1. The van der Waals surface area contributed by atoms with E-state index in [2.05, 4.69) is 42.3 Å². The summed E-state index contributed by atoms with van der Waals surface area (Å²) in [4.78, 5) is 0. The molecule has 0 amide bonds. The Labute approximate surface area is 123 Å². The van der Waals surface area contributed by atoms with Crippen molar-refractivity contribution in [3.05, 3.63) is 39.5 Å². The quantitative estimate of drug-likeness (QED) is 0.870. The first kappa shape index (κ1) is 13.4. The van der Waals surface area contributed by atoms with Crippen molar-refractivity contribution in [1.82, 2.24) is 9.78 Å². The van der Waals surface area contributed by atoms with E-state index >= 15 is 0 Å². The van der Waals surface area contributed by atoms with Crippen LogP contribution in [0.2, 0.25) is 0 Å². The van der Waals surface area contributed by atoms with Gasteiger partial charge in [-0.05, 0) is 44.0 Å². The van der Waals surface area contributed by atoms with Gasteiger partial charge in [0.2, 0.25) is 0 Å². The molecule has 0 saturated heterocycles. The van der Waals surface area contributed by atoms with E-state index in [1.54, 1.807) is 13.3 Å². The predicted molar refractivity (Wildman–Crippen MR) is 79.1 cm³/mol. The molecule has 4 nitrogen and oxygen atoms in total. The number of halogens is 2. The molecule has 1 aromatic carbocycles. The van der Waals surface area contributed by atoms with Crippen LogP contribution in [0, 0.1) is 0 Å². The highest BCUT2D eigenvalue weighted by Crippen LogP contribution is 2.34. The SMILES string of the molecule is COc1cc(NCCn2cccn2)c(Br)cc1Br. The standard InChI is InChI=1S/C12H13Br2N3O/c1-18-12-8-11(9(13)7-10(12)14)15-4-6-17-5-2-3-16-17/h2-3,5,7-8,15H,4,6H2,1H3. The molecule has 1 aromatic heterocycles. The van der Waals surface area contributed by atoms with Crippen LogP contribution in [0.15, 0.2) is 39.5 Å². The van der Waals surface area contributed by atoms with Crippen LogP contribution in [0.4, 0.5) is 5.69 Å². The van der Waals surface area contributed by atoms with Crippen molar-refractivity contribution in [3.63, 3.8) is 0 Å². The van der Waals surface area contributed by atoms with Gasteiger partial charge < -0.3 is 10.1 Å². The molecule has 6 heteroatoms. The van der Waals surface area contributed by atoms with Gasteiger partial charge in [-0.15, -0.1) is 0 Å². The number of benzene rings is 1. The zero-order chi connectivity index (χ0) is 13.0. The van der Waals surface area contributed by atoms with Crippen molar-refractivity contribution in [3.8, 4) is 5.75 Å². The summed E-state index contributed by atoms with van der Waals surface area (Å²) in [7, 11) is 1.65. The van der Waals surface area contributed by atoms with Crippen molar-refractivity contribution in [2.45, 2.75) is 6.54 Å². The van der Waals surface area contributed by atoms with Crippen LogP contribution in [-0.2, 0) is 6.54 Å². The van der Waals surface area contributed by atoms with E-state index < -0.39 is 0 Å². The lowest BCUT2D eigenvalue weighted by atomic mass is 10.3. The van der Waals surface area contributed by atoms with Crippen LogP contribution in [0.3, 0.4) is 0 Å². The van der Waals surface area contributed by atoms with Crippen LogP contribution >= 0.6 is 31.9 Å². The molecule has 1 heterocycles. The number of hydrogen-bond donors (Lipinski definition) is 1. The maximum absolute atomic E-state index is 5.27. The Morgan fingerprint density at radius 3 is 2.83 bits per heavy atom. The highest BCUT2D eigenvalue weighted by Gasteiger charge is 2.06. The van der Waals surface area contributed by atoms with Gasteiger partial charge in [-0.3, -0.25) is 4.68 Å². The molecule has 0 aliphatic heterocycles. The minimum atomic E-state index is 0.797. The minimum absolute atomic E-state index is 0.797. The van der Waals surface area contributed by atoms with E-state index in [9.17, 15) is 0 Å². The molecule has 0 saturated carbocycles. The second kappa shape index (κ2) is 6.24. The highest BCUT2D eigenvalue weighted by atomic mass is 79.9. The number of aromatic nitrogens is 2. The molecule has 18 heavy (non-hydrogen) atoms. The number of anilines is 1. The molecule has 0 unspecified atom stereocenters. The zero-order valence-electron chi connectivity index (χ0n) is 9.86. The van der Waals surface area contributed by atoms with Crippen LogP contribution < -0.4 is 10.1 Å². The Bertz CT molecular complexity index is 514. The lowest BCUT2D eigenvalue weighted by molar-refractivity contribution is 0.412. The number of methoxy groups -OCH3 is 1. The average molecular weight is 375 g/mol. The Kier molecular flexibility index (Phi) is 4.66. The van der Waals surface area contributed by atoms with Crippen LogP contribution in [-0.4, -0.2) is 23.4 Å². The molecule has 2 aromatic rings. The summed E-state index contributed by atoms with van der Waals surface area (Å²) in [6.45, 7) is 1.61. The van der Waals surface area contributed by atoms with Gasteiger partial charge in [0.05, 0.1) is 23.8 Å². The number of nitrogens with zero attached hydrogens (tertiary/aromatic N) is 2. The summed E-state index contributed by atoms with van der Waals surface area (Å²) in [5.74, 6) is 0.805. The molecule has 96 valence electrons. The van der Waals surface area contributed by atoms with Gasteiger partial charge in [0.15, 0.2) is 0 Å². The fourth-order valence-corrected chi connectivity index (χ4v) is 2.85. The second-order valence-corrected chi connectivity index (χ2v) is 5.37. The average Bonchev–Trinajstić information content (AvgIpc) is 2.85. The smallest absolute Gasteiger partial charge is 0.135 e. The van der Waals surface area contributed by atoms with E-state index in [1.165, 1.54) is 0 Å². The van der Waals surface area contributed by atoms with Gasteiger partial charge in [-0.1, -0.05) is 0 Å². The molecule has 0 fully saturated rings. The maximum Gasteiger partial charge on any atom is 0.135 e. The molecule has 0 bridgehead atoms. The predicted octanol–water partition coefficient (Wildman–Crippen LogP) is 3.53. The van der Waals surface area contributed by atoms with E-state index in [4.69, 9.17) is 4.74 Å². The van der Waals surface area contributed by atoms with Crippen molar-refractivity contribution in [1.29, 1.82) is 0 Å². The number of hydrogen-bond acceptors (Lipinski definition) is 3. The third-order valence-electron chi connectivity index (χ3n) is 2.46. The van der Waals surface area contributed by atoms with Gasteiger partial charge in [0.1, 0.15) is 5.75 Å². The summed E-state index contributed by atoms with van der Waals surface area (Å²) in [5, 5.41) is 7.50. The van der Waals surface area contributed by atoms with Crippen LogP contribution in [0.25, 0.3) is 0 Å². The molecule has 0 atom stereocenters. The van der Waals surface area contributed by atoms with Gasteiger partial charge in [-0.2, -0.15) is 5.10 Å². The third-order valence-corrected chi connectivity index (χ3v) is 3.73. The normalized spacial score (nSPS) is 10.4. The molecule has 0 aliphatic carbocycles. The molecule has 0 radical (unpaired) electrons. The summed E-state index contributed by atoms with van der Waals surface area (Å²) in [6, 6.07) is 5.84. The number of nitrogens with one attached hydrogen (secondary N) is 1. The van der Waals surface area contributed by atoms with Gasteiger partial charge in [0, 0.05) is 29.5 Å². The lowest BCUT2D eigenvalue weighted by Crippen LogP contribution is -2.11. The molecule has 0 aliphatic rings.